The Labute approximate surface area is 198 Å². The first-order valence-corrected chi connectivity index (χ1v) is 10.6. The number of carbonyl (C=O) groups is 2. The summed E-state index contributed by atoms with van der Waals surface area (Å²) in [6, 6.07) is 9.73. The molecule has 1 fully saturated rings. The van der Waals surface area contributed by atoms with E-state index in [1.54, 1.807) is 42.5 Å². The topological polar surface area (TPSA) is 99.2 Å². The number of alkyl halides is 2. The smallest absolute Gasteiger partial charge is 0.268 e. The largest absolute Gasteiger partial charge is 0.464 e. The van der Waals surface area contributed by atoms with Crippen LogP contribution in [-0.2, 0) is 4.79 Å². The van der Waals surface area contributed by atoms with Crippen molar-refractivity contribution in [1.82, 2.24) is 15.2 Å². The predicted molar refractivity (Wildman–Crippen MR) is 120 cm³/mol. The Morgan fingerprint density at radius 2 is 2.03 bits per heavy atom. The quantitative estimate of drug-likeness (QED) is 0.572. The van der Waals surface area contributed by atoms with Crippen molar-refractivity contribution in [3.8, 4) is 17.2 Å². The van der Waals surface area contributed by atoms with Gasteiger partial charge in [0.1, 0.15) is 17.6 Å². The number of benzene rings is 1. The molecule has 0 saturated carbocycles. The van der Waals surface area contributed by atoms with E-state index in [1.807, 2.05) is 0 Å². The number of nitrogens with one attached hydrogen (secondary N) is 1. The number of hydrogen-bond acceptors (Lipinski definition) is 5. The number of likely N-dealkylation sites (tertiary alicyclic amines) is 1. The molecule has 3 heterocycles. The zero-order chi connectivity index (χ0) is 25.0. The highest BCUT2D eigenvalue weighted by atomic mass is 19.3. The average Bonchev–Trinajstić information content (AvgIpc) is 3.44. The van der Waals surface area contributed by atoms with Gasteiger partial charge in [-0.05, 0) is 30.4 Å². The number of halogens is 3. The number of pyridine rings is 1. The van der Waals surface area contributed by atoms with Crippen molar-refractivity contribution in [2.24, 2.45) is 0 Å². The van der Waals surface area contributed by atoms with E-state index in [4.69, 9.17) is 9.68 Å². The molecule has 1 aromatic carbocycles. The molecule has 10 heteroatoms. The Morgan fingerprint density at radius 1 is 1.23 bits per heavy atom. The van der Waals surface area contributed by atoms with Crippen molar-refractivity contribution in [2.75, 3.05) is 13.1 Å². The maximum atomic E-state index is 14.2. The summed E-state index contributed by atoms with van der Waals surface area (Å²) in [6.07, 6.45) is 6.61. The molecule has 1 unspecified atom stereocenters. The fraction of sp³-hybridized carbons (Fsp3) is 0.200. The van der Waals surface area contributed by atoms with Crippen molar-refractivity contribution >= 4 is 24.0 Å². The number of nitrogens with zero attached hydrogens (tertiary/aromatic N) is 3. The molecule has 2 amide bonds. The maximum Gasteiger partial charge on any atom is 0.268 e. The van der Waals surface area contributed by atoms with E-state index in [-0.39, 0.29) is 5.56 Å². The summed E-state index contributed by atoms with van der Waals surface area (Å²) in [6.45, 7) is -1.41. The van der Waals surface area contributed by atoms with Crippen LogP contribution in [0, 0.1) is 17.1 Å². The molecule has 0 radical (unpaired) electrons. The van der Waals surface area contributed by atoms with Gasteiger partial charge in [-0.1, -0.05) is 18.2 Å². The molecule has 1 atom stereocenters. The summed E-state index contributed by atoms with van der Waals surface area (Å²) in [5.74, 6) is -4.61. The maximum absolute atomic E-state index is 14.2. The minimum atomic E-state index is -3.14. The molecule has 3 aromatic rings. The van der Waals surface area contributed by atoms with Crippen LogP contribution in [0.15, 0.2) is 59.5 Å². The Hall–Kier alpha value is -4.39. The highest BCUT2D eigenvalue weighted by Crippen LogP contribution is 2.32. The van der Waals surface area contributed by atoms with Gasteiger partial charge in [0.15, 0.2) is 0 Å². The first kappa shape index (κ1) is 23.8. The third-order valence-corrected chi connectivity index (χ3v) is 5.51. The zero-order valence-corrected chi connectivity index (χ0v) is 18.2. The molecule has 1 saturated heterocycles. The van der Waals surface area contributed by atoms with E-state index in [2.05, 4.69) is 10.3 Å². The molecule has 0 spiro atoms. The van der Waals surface area contributed by atoms with Gasteiger partial charge in [-0.3, -0.25) is 14.6 Å². The molecule has 1 aliphatic heterocycles. The van der Waals surface area contributed by atoms with Gasteiger partial charge in [0.05, 0.1) is 25.4 Å². The Morgan fingerprint density at radius 3 is 2.80 bits per heavy atom. The second-order valence-electron chi connectivity index (χ2n) is 7.88. The third kappa shape index (κ3) is 5.24. The van der Waals surface area contributed by atoms with Crippen LogP contribution in [0.25, 0.3) is 23.3 Å². The van der Waals surface area contributed by atoms with E-state index in [0.29, 0.717) is 22.5 Å². The van der Waals surface area contributed by atoms with Gasteiger partial charge in [0.2, 0.25) is 5.91 Å². The van der Waals surface area contributed by atoms with Gasteiger partial charge in [0.25, 0.3) is 11.8 Å². The number of aromatic nitrogens is 1. The van der Waals surface area contributed by atoms with Crippen molar-refractivity contribution in [2.45, 2.75) is 18.4 Å². The first-order valence-electron chi connectivity index (χ1n) is 10.6. The summed E-state index contributed by atoms with van der Waals surface area (Å²) in [4.78, 5) is 29.9. The molecule has 0 bridgehead atoms. The molecular formula is C25H19F3N4O3. The van der Waals surface area contributed by atoms with Crippen LogP contribution in [0.5, 0.6) is 0 Å². The summed E-state index contributed by atoms with van der Waals surface area (Å²) in [7, 11) is 0. The number of rotatable bonds is 6. The lowest BCUT2D eigenvalue weighted by Gasteiger charge is -2.19. The first-order chi connectivity index (χ1) is 16.8. The number of amides is 2. The molecule has 4 rings (SSSR count). The van der Waals surface area contributed by atoms with Crippen molar-refractivity contribution < 1.29 is 27.2 Å². The van der Waals surface area contributed by atoms with E-state index in [9.17, 15) is 22.8 Å². The lowest BCUT2D eigenvalue weighted by atomic mass is 10.0. The zero-order valence-electron chi connectivity index (χ0n) is 18.2. The van der Waals surface area contributed by atoms with Gasteiger partial charge >= 0.3 is 0 Å². The summed E-state index contributed by atoms with van der Waals surface area (Å²) < 4.78 is 46.8. The number of nitriles is 1. The third-order valence-electron chi connectivity index (χ3n) is 5.51. The van der Waals surface area contributed by atoms with Crippen molar-refractivity contribution in [3.05, 3.63) is 77.8 Å². The molecule has 7 nitrogen and oxygen atoms in total. The second kappa shape index (κ2) is 9.85. The summed E-state index contributed by atoms with van der Waals surface area (Å²) >= 11 is 0. The SMILES string of the molecule is N#CC1CC(F)(F)CN1C(=O)CNC(=O)c1ccncc1C=Cc1occc1-c1ccccc1F. The number of furan rings is 1. The van der Waals surface area contributed by atoms with Crippen LogP contribution in [0.3, 0.4) is 0 Å². The molecular weight excluding hydrogens is 461 g/mol. The van der Waals surface area contributed by atoms with Crippen molar-refractivity contribution in [1.29, 1.82) is 5.26 Å². The summed E-state index contributed by atoms with van der Waals surface area (Å²) in [5, 5.41) is 11.5. The molecule has 35 heavy (non-hydrogen) atoms. The van der Waals surface area contributed by atoms with E-state index in [0.717, 1.165) is 4.90 Å². The highest BCUT2D eigenvalue weighted by Gasteiger charge is 2.47. The molecule has 1 aliphatic rings. The number of carbonyl (C=O) groups excluding carboxylic acids is 2. The van der Waals surface area contributed by atoms with E-state index < -0.39 is 49.1 Å². The normalized spacial score (nSPS) is 16.9. The van der Waals surface area contributed by atoms with Gasteiger partial charge in [-0.25, -0.2) is 13.2 Å². The lowest BCUT2D eigenvalue weighted by molar-refractivity contribution is -0.131. The monoisotopic (exact) mass is 480 g/mol. The standard InChI is InChI=1S/C25H19F3N4O3/c26-21-4-2-1-3-19(21)20-8-10-35-22(20)6-5-16-13-30-9-7-18(16)24(34)31-14-23(33)32-15-25(27,28)11-17(32)12-29/h1-10,13,17H,11,14-15H2,(H,31,34). The van der Waals surface area contributed by atoms with E-state index in [1.165, 1.54) is 30.8 Å². The van der Waals surface area contributed by atoms with Gasteiger partial charge in [-0.2, -0.15) is 5.26 Å². The second-order valence-corrected chi connectivity index (χ2v) is 7.88. The molecule has 0 aliphatic carbocycles. The number of hydrogen-bond donors (Lipinski definition) is 1. The highest BCUT2D eigenvalue weighted by molar-refractivity contribution is 6.00. The van der Waals surface area contributed by atoms with Crippen LogP contribution in [0.2, 0.25) is 0 Å². The van der Waals surface area contributed by atoms with Gasteiger partial charge < -0.3 is 14.6 Å². The fourth-order valence-corrected chi connectivity index (χ4v) is 3.81. The van der Waals surface area contributed by atoms with Crippen LogP contribution < -0.4 is 5.32 Å². The lowest BCUT2D eigenvalue weighted by Crippen LogP contribution is -2.43. The van der Waals surface area contributed by atoms with Gasteiger partial charge in [-0.15, -0.1) is 0 Å². The predicted octanol–water partition coefficient (Wildman–Crippen LogP) is 4.14. The van der Waals surface area contributed by atoms with Crippen LogP contribution in [-0.4, -0.2) is 46.8 Å². The Kier molecular flexibility index (Phi) is 6.68. The van der Waals surface area contributed by atoms with Crippen LogP contribution in [0.1, 0.15) is 28.1 Å². The molecule has 1 N–H and O–H groups in total. The summed E-state index contributed by atoms with van der Waals surface area (Å²) in [5.41, 5.74) is 1.43. The Balaban J connectivity index is 1.48. The minimum Gasteiger partial charge on any atom is -0.464 e. The fourth-order valence-electron chi connectivity index (χ4n) is 3.81. The van der Waals surface area contributed by atoms with Crippen LogP contribution in [0.4, 0.5) is 13.2 Å². The molecule has 2 aromatic heterocycles. The Bertz CT molecular complexity index is 1330. The molecule has 178 valence electrons. The van der Waals surface area contributed by atoms with Crippen LogP contribution >= 0.6 is 0 Å². The van der Waals surface area contributed by atoms with E-state index >= 15 is 0 Å². The average molecular weight is 480 g/mol. The van der Waals surface area contributed by atoms with Crippen molar-refractivity contribution in [3.63, 3.8) is 0 Å². The minimum absolute atomic E-state index is 0.173. The van der Waals surface area contributed by atoms with Gasteiger partial charge in [0, 0.05) is 41.1 Å².